The fourth-order valence-corrected chi connectivity index (χ4v) is 2.76. The lowest BCUT2D eigenvalue weighted by Crippen LogP contribution is -2.49. The van der Waals surface area contributed by atoms with Crippen molar-refractivity contribution in [1.82, 2.24) is 14.8 Å². The zero-order chi connectivity index (χ0) is 15.2. The summed E-state index contributed by atoms with van der Waals surface area (Å²) in [4.78, 5) is 20.8. The Hall–Kier alpha value is -2.20. The van der Waals surface area contributed by atoms with Crippen LogP contribution in [0.3, 0.4) is 0 Å². The van der Waals surface area contributed by atoms with Crippen molar-refractivity contribution in [3.8, 4) is 0 Å². The van der Waals surface area contributed by atoms with E-state index in [1.807, 2.05) is 23.1 Å². The second-order valence-corrected chi connectivity index (χ2v) is 5.58. The Morgan fingerprint density at radius 2 is 1.68 bits per heavy atom. The normalized spacial score (nSPS) is 15.7. The number of rotatable bonds is 4. The Labute approximate surface area is 131 Å². The second-order valence-electron chi connectivity index (χ2n) is 5.58. The average molecular weight is 295 g/mol. The van der Waals surface area contributed by atoms with Gasteiger partial charge in [0.25, 0.3) is 5.91 Å². The minimum Gasteiger partial charge on any atom is -0.335 e. The monoisotopic (exact) mass is 295 g/mol. The second kappa shape index (κ2) is 7.18. The van der Waals surface area contributed by atoms with E-state index >= 15 is 0 Å². The summed E-state index contributed by atoms with van der Waals surface area (Å²) in [5.41, 5.74) is 1.91. The fourth-order valence-electron chi connectivity index (χ4n) is 2.76. The van der Waals surface area contributed by atoms with Gasteiger partial charge in [-0.05, 0) is 24.1 Å². The molecule has 1 fully saturated rings. The van der Waals surface area contributed by atoms with Crippen LogP contribution in [0.5, 0.6) is 0 Å². The number of carbonyl (C=O) groups excluding carboxylic acids is 1. The first-order valence-corrected chi connectivity index (χ1v) is 7.79. The number of aromatic nitrogens is 1. The largest absolute Gasteiger partial charge is 0.335 e. The van der Waals surface area contributed by atoms with Crippen LogP contribution in [0.1, 0.15) is 16.1 Å². The van der Waals surface area contributed by atoms with Crippen LogP contribution in [-0.2, 0) is 6.42 Å². The molecular formula is C18H21N3O. The SMILES string of the molecule is O=C(c1ccccn1)N1CCN(CCc2ccccc2)CC1. The third-order valence-corrected chi connectivity index (χ3v) is 4.10. The first-order chi connectivity index (χ1) is 10.8. The molecule has 1 saturated heterocycles. The van der Waals surface area contributed by atoms with Crippen LogP contribution in [0.15, 0.2) is 54.7 Å². The summed E-state index contributed by atoms with van der Waals surface area (Å²) in [7, 11) is 0. The van der Waals surface area contributed by atoms with E-state index < -0.39 is 0 Å². The van der Waals surface area contributed by atoms with E-state index in [-0.39, 0.29) is 5.91 Å². The van der Waals surface area contributed by atoms with Crippen LogP contribution in [0.25, 0.3) is 0 Å². The van der Waals surface area contributed by atoms with Gasteiger partial charge in [-0.15, -0.1) is 0 Å². The van der Waals surface area contributed by atoms with Crippen LogP contribution in [0, 0.1) is 0 Å². The summed E-state index contributed by atoms with van der Waals surface area (Å²) in [5, 5.41) is 0. The minimum atomic E-state index is 0.0447. The molecule has 2 heterocycles. The number of piperazine rings is 1. The van der Waals surface area contributed by atoms with Crippen molar-refractivity contribution in [3.05, 3.63) is 66.0 Å². The van der Waals surface area contributed by atoms with E-state index in [1.165, 1.54) is 5.56 Å². The first kappa shape index (κ1) is 14.7. The zero-order valence-corrected chi connectivity index (χ0v) is 12.7. The van der Waals surface area contributed by atoms with E-state index in [1.54, 1.807) is 12.3 Å². The van der Waals surface area contributed by atoms with E-state index in [4.69, 9.17) is 0 Å². The number of amides is 1. The molecule has 22 heavy (non-hydrogen) atoms. The van der Waals surface area contributed by atoms with Crippen LogP contribution >= 0.6 is 0 Å². The van der Waals surface area contributed by atoms with Crippen molar-refractivity contribution in [2.45, 2.75) is 6.42 Å². The van der Waals surface area contributed by atoms with E-state index in [0.717, 1.165) is 39.1 Å². The molecule has 0 N–H and O–H groups in total. The van der Waals surface area contributed by atoms with Gasteiger partial charge in [-0.1, -0.05) is 36.4 Å². The molecule has 0 saturated carbocycles. The summed E-state index contributed by atoms with van der Waals surface area (Å²) in [5.74, 6) is 0.0447. The molecule has 2 aromatic rings. The third-order valence-electron chi connectivity index (χ3n) is 4.10. The molecule has 4 heteroatoms. The Bertz CT molecular complexity index is 592. The Morgan fingerprint density at radius 1 is 0.955 bits per heavy atom. The van der Waals surface area contributed by atoms with Gasteiger partial charge in [0.2, 0.25) is 0 Å². The molecule has 1 aromatic heterocycles. The summed E-state index contributed by atoms with van der Waals surface area (Å²) in [6.07, 6.45) is 2.73. The predicted molar refractivity (Wildman–Crippen MR) is 86.7 cm³/mol. The minimum absolute atomic E-state index is 0.0447. The maximum atomic E-state index is 12.3. The third kappa shape index (κ3) is 3.71. The van der Waals surface area contributed by atoms with Gasteiger partial charge in [0.1, 0.15) is 5.69 Å². The lowest BCUT2D eigenvalue weighted by atomic mass is 10.1. The fraction of sp³-hybridized carbons (Fsp3) is 0.333. The van der Waals surface area contributed by atoms with E-state index in [9.17, 15) is 4.79 Å². The molecule has 4 nitrogen and oxygen atoms in total. The van der Waals surface area contributed by atoms with Crippen LogP contribution in [0.2, 0.25) is 0 Å². The Kier molecular flexibility index (Phi) is 4.81. The molecule has 1 aliphatic heterocycles. The molecular weight excluding hydrogens is 274 g/mol. The topological polar surface area (TPSA) is 36.4 Å². The number of hydrogen-bond acceptors (Lipinski definition) is 3. The molecule has 0 unspecified atom stereocenters. The average Bonchev–Trinajstić information content (AvgIpc) is 2.61. The predicted octanol–water partition coefficient (Wildman–Crippen LogP) is 2.08. The Balaban J connectivity index is 1.47. The van der Waals surface area contributed by atoms with Gasteiger partial charge >= 0.3 is 0 Å². The quantitative estimate of drug-likeness (QED) is 0.866. The summed E-state index contributed by atoms with van der Waals surface area (Å²) < 4.78 is 0. The molecule has 0 atom stereocenters. The van der Waals surface area contributed by atoms with Crippen molar-refractivity contribution in [1.29, 1.82) is 0 Å². The van der Waals surface area contributed by atoms with Gasteiger partial charge in [0.15, 0.2) is 0 Å². The van der Waals surface area contributed by atoms with Gasteiger partial charge in [-0.2, -0.15) is 0 Å². The number of nitrogens with zero attached hydrogens (tertiary/aromatic N) is 3. The Morgan fingerprint density at radius 3 is 2.36 bits per heavy atom. The molecule has 0 aliphatic carbocycles. The molecule has 1 aliphatic rings. The van der Waals surface area contributed by atoms with Gasteiger partial charge < -0.3 is 4.90 Å². The molecule has 114 valence electrons. The van der Waals surface area contributed by atoms with Crippen LogP contribution < -0.4 is 0 Å². The standard InChI is InChI=1S/C18H21N3O/c22-18(17-8-4-5-10-19-17)21-14-12-20(13-15-21)11-9-16-6-2-1-3-7-16/h1-8,10H,9,11-15H2. The highest BCUT2D eigenvalue weighted by Gasteiger charge is 2.22. The van der Waals surface area contributed by atoms with E-state index in [2.05, 4.69) is 34.1 Å². The van der Waals surface area contributed by atoms with Crippen LogP contribution in [-0.4, -0.2) is 53.4 Å². The lowest BCUT2D eigenvalue weighted by Gasteiger charge is -2.34. The van der Waals surface area contributed by atoms with Crippen molar-refractivity contribution in [2.24, 2.45) is 0 Å². The maximum Gasteiger partial charge on any atom is 0.272 e. The summed E-state index contributed by atoms with van der Waals surface area (Å²) in [6.45, 7) is 4.49. The van der Waals surface area contributed by atoms with Gasteiger partial charge in [-0.25, -0.2) is 0 Å². The van der Waals surface area contributed by atoms with Gasteiger partial charge in [-0.3, -0.25) is 14.7 Å². The van der Waals surface area contributed by atoms with Crippen molar-refractivity contribution < 1.29 is 4.79 Å². The van der Waals surface area contributed by atoms with Gasteiger partial charge in [0, 0.05) is 38.9 Å². The molecule has 0 bridgehead atoms. The smallest absolute Gasteiger partial charge is 0.272 e. The molecule has 3 rings (SSSR count). The van der Waals surface area contributed by atoms with Crippen molar-refractivity contribution in [2.75, 3.05) is 32.7 Å². The lowest BCUT2D eigenvalue weighted by molar-refractivity contribution is 0.0633. The summed E-state index contributed by atoms with van der Waals surface area (Å²) >= 11 is 0. The molecule has 0 radical (unpaired) electrons. The van der Waals surface area contributed by atoms with Gasteiger partial charge in [0.05, 0.1) is 0 Å². The molecule has 1 amide bonds. The van der Waals surface area contributed by atoms with Crippen LogP contribution in [0.4, 0.5) is 0 Å². The number of carbonyl (C=O) groups is 1. The van der Waals surface area contributed by atoms with E-state index in [0.29, 0.717) is 5.69 Å². The number of hydrogen-bond donors (Lipinski definition) is 0. The maximum absolute atomic E-state index is 12.3. The zero-order valence-electron chi connectivity index (χ0n) is 12.7. The number of pyridine rings is 1. The highest BCUT2D eigenvalue weighted by atomic mass is 16.2. The number of benzene rings is 1. The van der Waals surface area contributed by atoms with Crippen molar-refractivity contribution >= 4 is 5.91 Å². The first-order valence-electron chi connectivity index (χ1n) is 7.79. The van der Waals surface area contributed by atoms with Crippen molar-refractivity contribution in [3.63, 3.8) is 0 Å². The highest BCUT2D eigenvalue weighted by molar-refractivity contribution is 5.92. The molecule has 0 spiro atoms. The highest BCUT2D eigenvalue weighted by Crippen LogP contribution is 2.08. The summed E-state index contributed by atoms with van der Waals surface area (Å²) in [6, 6.07) is 16.0. The molecule has 1 aromatic carbocycles.